The second kappa shape index (κ2) is 9.22. The summed E-state index contributed by atoms with van der Waals surface area (Å²) in [6, 6.07) is 11.8. The minimum absolute atomic E-state index is 0.705. The highest BCUT2D eigenvalue weighted by Gasteiger charge is 2.30. The highest BCUT2D eigenvalue weighted by Crippen LogP contribution is 2.38. The lowest BCUT2D eigenvalue weighted by Crippen LogP contribution is -2.40. The van der Waals surface area contributed by atoms with E-state index in [1.54, 1.807) is 0 Å². The smallest absolute Gasteiger partial charge is 0.0466 e. The summed E-state index contributed by atoms with van der Waals surface area (Å²) in [7, 11) is 0. The zero-order chi connectivity index (χ0) is 14.9. The van der Waals surface area contributed by atoms with Crippen LogP contribution in [0.25, 0.3) is 0 Å². The largest absolute Gasteiger partial charge is 0.382 e. The Morgan fingerprint density at radius 3 is 2.67 bits per heavy atom. The van der Waals surface area contributed by atoms with Crippen molar-refractivity contribution in [2.75, 3.05) is 19.8 Å². The van der Waals surface area contributed by atoms with Crippen LogP contribution in [0.2, 0.25) is 0 Å². The lowest BCUT2D eigenvalue weighted by atomic mass is 9.73. The molecule has 0 amide bonds. The van der Waals surface area contributed by atoms with Crippen LogP contribution >= 0.6 is 0 Å². The number of benzene rings is 1. The van der Waals surface area contributed by atoms with E-state index in [1.165, 1.54) is 37.7 Å². The monoisotopic (exact) mass is 289 g/mol. The molecular weight excluding hydrogens is 258 g/mol. The first-order valence-corrected chi connectivity index (χ1v) is 8.71. The van der Waals surface area contributed by atoms with Gasteiger partial charge in [-0.2, -0.15) is 0 Å². The Bertz CT molecular complexity index is 378. The summed E-state index contributed by atoms with van der Waals surface area (Å²) in [4.78, 5) is 0. The second-order valence-electron chi connectivity index (χ2n) is 6.18. The Balaban J connectivity index is 1.91. The van der Waals surface area contributed by atoms with E-state index < -0.39 is 0 Å². The van der Waals surface area contributed by atoms with Crippen LogP contribution in [-0.2, 0) is 4.74 Å². The zero-order valence-electron chi connectivity index (χ0n) is 13.7. The summed E-state index contributed by atoms with van der Waals surface area (Å²) in [6.45, 7) is 7.15. The van der Waals surface area contributed by atoms with Crippen molar-refractivity contribution in [3.8, 4) is 0 Å². The molecule has 2 rings (SSSR count). The highest BCUT2D eigenvalue weighted by atomic mass is 16.5. The molecule has 1 aliphatic rings. The summed E-state index contributed by atoms with van der Waals surface area (Å²) in [5.41, 5.74) is 1.53. The summed E-state index contributed by atoms with van der Waals surface area (Å²) in [6.07, 6.45) is 6.45. The number of ether oxygens (including phenoxy) is 1. The standard InChI is InChI=1S/C19H31NO/c1-3-20-19-13-12-17(16-9-6-5-7-10-16)15-18(19)11-8-14-21-4-2/h5-7,9-10,17-20H,3-4,8,11-15H2,1-2H3. The molecule has 1 aromatic carbocycles. The number of hydrogen-bond donors (Lipinski definition) is 1. The molecule has 1 N–H and O–H groups in total. The molecule has 0 saturated heterocycles. The van der Waals surface area contributed by atoms with Crippen molar-refractivity contribution in [2.24, 2.45) is 5.92 Å². The Morgan fingerprint density at radius 1 is 1.14 bits per heavy atom. The average Bonchev–Trinajstić information content (AvgIpc) is 2.54. The third-order valence-electron chi connectivity index (χ3n) is 4.79. The fourth-order valence-electron chi connectivity index (χ4n) is 3.73. The van der Waals surface area contributed by atoms with E-state index >= 15 is 0 Å². The minimum Gasteiger partial charge on any atom is -0.382 e. The van der Waals surface area contributed by atoms with Gasteiger partial charge >= 0.3 is 0 Å². The first-order valence-electron chi connectivity index (χ1n) is 8.71. The van der Waals surface area contributed by atoms with Gasteiger partial charge in [-0.3, -0.25) is 0 Å². The quantitative estimate of drug-likeness (QED) is 0.718. The maximum Gasteiger partial charge on any atom is 0.0466 e. The first-order chi connectivity index (χ1) is 10.3. The summed E-state index contributed by atoms with van der Waals surface area (Å²) in [5, 5.41) is 3.71. The lowest BCUT2D eigenvalue weighted by Gasteiger charge is -2.37. The minimum atomic E-state index is 0.705. The van der Waals surface area contributed by atoms with Crippen molar-refractivity contribution in [2.45, 2.75) is 57.9 Å². The molecular formula is C19H31NO. The van der Waals surface area contributed by atoms with Crippen molar-refractivity contribution in [3.05, 3.63) is 35.9 Å². The van der Waals surface area contributed by atoms with Gasteiger partial charge in [-0.05, 0) is 63.0 Å². The van der Waals surface area contributed by atoms with Gasteiger partial charge in [-0.15, -0.1) is 0 Å². The van der Waals surface area contributed by atoms with Crippen molar-refractivity contribution < 1.29 is 4.74 Å². The third-order valence-corrected chi connectivity index (χ3v) is 4.79. The maximum absolute atomic E-state index is 5.51. The second-order valence-corrected chi connectivity index (χ2v) is 6.18. The lowest BCUT2D eigenvalue weighted by molar-refractivity contribution is 0.130. The molecule has 2 heteroatoms. The van der Waals surface area contributed by atoms with Crippen LogP contribution in [0.5, 0.6) is 0 Å². The van der Waals surface area contributed by atoms with E-state index in [0.29, 0.717) is 6.04 Å². The predicted octanol–water partition coefficient (Wildman–Crippen LogP) is 4.37. The SMILES string of the molecule is CCNC1CCC(c2ccccc2)CC1CCCOCC. The van der Waals surface area contributed by atoms with Gasteiger partial charge in [-0.25, -0.2) is 0 Å². The maximum atomic E-state index is 5.51. The van der Waals surface area contributed by atoms with Gasteiger partial charge in [0.05, 0.1) is 0 Å². The predicted molar refractivity (Wildman–Crippen MR) is 89.7 cm³/mol. The van der Waals surface area contributed by atoms with Crippen LogP contribution in [0.1, 0.15) is 57.4 Å². The average molecular weight is 289 g/mol. The number of nitrogens with one attached hydrogen (secondary N) is 1. The van der Waals surface area contributed by atoms with Crippen molar-refractivity contribution in [3.63, 3.8) is 0 Å². The zero-order valence-corrected chi connectivity index (χ0v) is 13.7. The molecule has 1 aliphatic carbocycles. The topological polar surface area (TPSA) is 21.3 Å². The van der Waals surface area contributed by atoms with Gasteiger partial charge in [0.15, 0.2) is 0 Å². The molecule has 0 bridgehead atoms. The van der Waals surface area contributed by atoms with Crippen molar-refractivity contribution in [1.29, 1.82) is 0 Å². The molecule has 1 fully saturated rings. The third kappa shape index (κ3) is 5.12. The van der Waals surface area contributed by atoms with Crippen LogP contribution in [0.4, 0.5) is 0 Å². The molecule has 3 unspecified atom stereocenters. The number of rotatable bonds is 8. The summed E-state index contributed by atoms with van der Waals surface area (Å²) >= 11 is 0. The molecule has 0 spiro atoms. The van der Waals surface area contributed by atoms with E-state index in [0.717, 1.165) is 31.6 Å². The molecule has 0 radical (unpaired) electrons. The van der Waals surface area contributed by atoms with Crippen LogP contribution in [0.3, 0.4) is 0 Å². The first kappa shape index (κ1) is 16.5. The van der Waals surface area contributed by atoms with Crippen LogP contribution in [0, 0.1) is 5.92 Å². The molecule has 1 aromatic rings. The summed E-state index contributed by atoms with van der Waals surface area (Å²) in [5.74, 6) is 1.54. The van der Waals surface area contributed by atoms with Gasteiger partial charge < -0.3 is 10.1 Å². The van der Waals surface area contributed by atoms with E-state index in [1.807, 2.05) is 0 Å². The van der Waals surface area contributed by atoms with Crippen molar-refractivity contribution in [1.82, 2.24) is 5.32 Å². The van der Waals surface area contributed by atoms with Crippen LogP contribution in [0.15, 0.2) is 30.3 Å². The van der Waals surface area contributed by atoms with E-state index in [4.69, 9.17) is 4.74 Å². The van der Waals surface area contributed by atoms with Gasteiger partial charge in [-0.1, -0.05) is 37.3 Å². The molecule has 3 atom stereocenters. The van der Waals surface area contributed by atoms with E-state index in [-0.39, 0.29) is 0 Å². The fraction of sp³-hybridized carbons (Fsp3) is 0.684. The van der Waals surface area contributed by atoms with Crippen LogP contribution < -0.4 is 5.32 Å². The van der Waals surface area contributed by atoms with Gasteiger partial charge in [0, 0.05) is 19.3 Å². The van der Waals surface area contributed by atoms with Gasteiger partial charge in [0.2, 0.25) is 0 Å². The molecule has 1 saturated carbocycles. The summed E-state index contributed by atoms with van der Waals surface area (Å²) < 4.78 is 5.51. The molecule has 118 valence electrons. The molecule has 0 heterocycles. The van der Waals surface area contributed by atoms with E-state index in [9.17, 15) is 0 Å². The van der Waals surface area contributed by atoms with Crippen molar-refractivity contribution >= 4 is 0 Å². The van der Waals surface area contributed by atoms with E-state index in [2.05, 4.69) is 49.5 Å². The van der Waals surface area contributed by atoms with Gasteiger partial charge in [0.1, 0.15) is 0 Å². The Labute approximate surface area is 130 Å². The molecule has 0 aliphatic heterocycles. The normalized spacial score (nSPS) is 25.9. The molecule has 2 nitrogen and oxygen atoms in total. The number of hydrogen-bond acceptors (Lipinski definition) is 2. The Hall–Kier alpha value is -0.860. The Morgan fingerprint density at radius 2 is 1.95 bits per heavy atom. The molecule has 0 aromatic heterocycles. The van der Waals surface area contributed by atoms with Gasteiger partial charge in [0.25, 0.3) is 0 Å². The Kier molecular flexibility index (Phi) is 7.25. The molecule has 21 heavy (non-hydrogen) atoms. The van der Waals surface area contributed by atoms with Crippen LogP contribution in [-0.4, -0.2) is 25.8 Å². The fourth-order valence-corrected chi connectivity index (χ4v) is 3.73. The highest BCUT2D eigenvalue weighted by molar-refractivity contribution is 5.20.